The molecule has 0 saturated heterocycles. The van der Waals surface area contributed by atoms with Crippen LogP contribution in [-0.2, 0) is 9.53 Å². The van der Waals surface area contributed by atoms with Crippen molar-refractivity contribution in [1.82, 2.24) is 5.32 Å². The molecule has 88 valence electrons. The zero-order valence-electron chi connectivity index (χ0n) is 9.66. The minimum Gasteiger partial charge on any atom is -0.379 e. The highest BCUT2D eigenvalue weighted by molar-refractivity contribution is 5.81. The SMILES string of the molecule is CCCC(N)C(=O)NC1CCCC1OC. The summed E-state index contributed by atoms with van der Waals surface area (Å²) in [5.41, 5.74) is 5.74. The number of nitrogens with two attached hydrogens (primary N) is 1. The van der Waals surface area contributed by atoms with Gasteiger partial charge in [-0.3, -0.25) is 4.79 Å². The molecule has 1 amide bonds. The van der Waals surface area contributed by atoms with Crippen molar-refractivity contribution in [3.8, 4) is 0 Å². The van der Waals surface area contributed by atoms with E-state index >= 15 is 0 Å². The number of amides is 1. The molecule has 15 heavy (non-hydrogen) atoms. The largest absolute Gasteiger partial charge is 0.379 e. The number of hydrogen-bond donors (Lipinski definition) is 2. The van der Waals surface area contributed by atoms with E-state index in [9.17, 15) is 4.79 Å². The number of carbonyl (C=O) groups excluding carboxylic acids is 1. The minimum absolute atomic E-state index is 0.0363. The van der Waals surface area contributed by atoms with E-state index < -0.39 is 0 Å². The van der Waals surface area contributed by atoms with Gasteiger partial charge in [0.15, 0.2) is 0 Å². The summed E-state index contributed by atoms with van der Waals surface area (Å²) in [5, 5.41) is 2.98. The maximum Gasteiger partial charge on any atom is 0.237 e. The lowest BCUT2D eigenvalue weighted by Crippen LogP contribution is -2.48. The Hall–Kier alpha value is -0.610. The molecule has 3 unspecified atom stereocenters. The van der Waals surface area contributed by atoms with E-state index in [0.717, 1.165) is 32.1 Å². The van der Waals surface area contributed by atoms with Crippen molar-refractivity contribution in [2.75, 3.05) is 7.11 Å². The lowest BCUT2D eigenvalue weighted by atomic mass is 10.1. The Morgan fingerprint density at radius 3 is 2.93 bits per heavy atom. The third kappa shape index (κ3) is 3.47. The molecule has 0 aliphatic heterocycles. The summed E-state index contributed by atoms with van der Waals surface area (Å²) in [4.78, 5) is 11.7. The lowest BCUT2D eigenvalue weighted by Gasteiger charge is -2.21. The molecule has 0 radical (unpaired) electrons. The first-order valence-corrected chi connectivity index (χ1v) is 5.77. The monoisotopic (exact) mass is 214 g/mol. The number of rotatable bonds is 5. The molecule has 3 atom stereocenters. The second-order valence-corrected chi connectivity index (χ2v) is 4.22. The van der Waals surface area contributed by atoms with Gasteiger partial charge in [-0.15, -0.1) is 0 Å². The first-order valence-electron chi connectivity index (χ1n) is 5.77. The van der Waals surface area contributed by atoms with E-state index in [1.165, 1.54) is 0 Å². The van der Waals surface area contributed by atoms with Crippen LogP contribution in [0.3, 0.4) is 0 Å². The Morgan fingerprint density at radius 2 is 2.33 bits per heavy atom. The van der Waals surface area contributed by atoms with Gasteiger partial charge in [0.05, 0.1) is 18.2 Å². The highest BCUT2D eigenvalue weighted by atomic mass is 16.5. The van der Waals surface area contributed by atoms with Gasteiger partial charge in [-0.2, -0.15) is 0 Å². The smallest absolute Gasteiger partial charge is 0.237 e. The molecule has 4 heteroatoms. The molecule has 0 heterocycles. The molecule has 0 aromatic heterocycles. The number of hydrogen-bond acceptors (Lipinski definition) is 3. The number of methoxy groups -OCH3 is 1. The van der Waals surface area contributed by atoms with Crippen LogP contribution in [-0.4, -0.2) is 31.2 Å². The molecule has 3 N–H and O–H groups in total. The molecule has 0 aromatic carbocycles. The molecule has 0 aromatic rings. The zero-order chi connectivity index (χ0) is 11.3. The third-order valence-electron chi connectivity index (χ3n) is 3.02. The van der Waals surface area contributed by atoms with Crippen molar-refractivity contribution in [3.05, 3.63) is 0 Å². The molecular weight excluding hydrogens is 192 g/mol. The van der Waals surface area contributed by atoms with Crippen molar-refractivity contribution in [1.29, 1.82) is 0 Å². The molecule has 1 fully saturated rings. The van der Waals surface area contributed by atoms with Crippen LogP contribution >= 0.6 is 0 Å². The first kappa shape index (κ1) is 12.5. The zero-order valence-corrected chi connectivity index (χ0v) is 9.66. The normalized spacial score (nSPS) is 27.7. The predicted molar refractivity (Wildman–Crippen MR) is 59.5 cm³/mol. The van der Waals surface area contributed by atoms with Crippen LogP contribution in [0.15, 0.2) is 0 Å². The Bertz CT molecular complexity index is 209. The van der Waals surface area contributed by atoms with Crippen LogP contribution in [0.25, 0.3) is 0 Å². The molecule has 4 nitrogen and oxygen atoms in total. The topological polar surface area (TPSA) is 64.4 Å². The van der Waals surface area contributed by atoms with Crippen molar-refractivity contribution in [3.63, 3.8) is 0 Å². The van der Waals surface area contributed by atoms with Gasteiger partial charge in [0.1, 0.15) is 0 Å². The third-order valence-corrected chi connectivity index (χ3v) is 3.02. The van der Waals surface area contributed by atoms with E-state index in [4.69, 9.17) is 10.5 Å². The maximum absolute atomic E-state index is 11.7. The minimum atomic E-state index is -0.367. The highest BCUT2D eigenvalue weighted by Crippen LogP contribution is 2.21. The van der Waals surface area contributed by atoms with Crippen LogP contribution < -0.4 is 11.1 Å². The van der Waals surface area contributed by atoms with Gasteiger partial charge < -0.3 is 15.8 Å². The Labute approximate surface area is 91.5 Å². The van der Waals surface area contributed by atoms with Crippen LogP contribution in [0, 0.1) is 0 Å². The molecule has 0 spiro atoms. The van der Waals surface area contributed by atoms with E-state index in [1.54, 1.807) is 7.11 Å². The van der Waals surface area contributed by atoms with E-state index in [-0.39, 0.29) is 24.1 Å². The highest BCUT2D eigenvalue weighted by Gasteiger charge is 2.29. The summed E-state index contributed by atoms with van der Waals surface area (Å²) in [5.74, 6) is -0.0363. The maximum atomic E-state index is 11.7. The van der Waals surface area contributed by atoms with Crippen LogP contribution in [0.4, 0.5) is 0 Å². The standard InChI is InChI=1S/C11H22N2O2/c1-3-5-8(12)11(14)13-9-6-4-7-10(9)15-2/h8-10H,3-7,12H2,1-2H3,(H,13,14). The molecule has 1 aliphatic carbocycles. The predicted octanol–water partition coefficient (Wildman–Crippen LogP) is 0.797. The second kappa shape index (κ2) is 6.08. The van der Waals surface area contributed by atoms with Crippen LogP contribution in [0.2, 0.25) is 0 Å². The Kier molecular flexibility index (Phi) is 5.05. The quantitative estimate of drug-likeness (QED) is 0.711. The van der Waals surface area contributed by atoms with Gasteiger partial charge in [-0.1, -0.05) is 13.3 Å². The summed E-state index contributed by atoms with van der Waals surface area (Å²) in [6.45, 7) is 2.03. The lowest BCUT2D eigenvalue weighted by molar-refractivity contribution is -0.124. The van der Waals surface area contributed by atoms with Crippen LogP contribution in [0.1, 0.15) is 39.0 Å². The number of nitrogens with one attached hydrogen (secondary N) is 1. The van der Waals surface area contributed by atoms with Crippen molar-refractivity contribution < 1.29 is 9.53 Å². The van der Waals surface area contributed by atoms with Gasteiger partial charge in [0, 0.05) is 7.11 Å². The molecule has 0 bridgehead atoms. The van der Waals surface area contributed by atoms with Gasteiger partial charge in [0.2, 0.25) is 5.91 Å². The van der Waals surface area contributed by atoms with Crippen LogP contribution in [0.5, 0.6) is 0 Å². The number of ether oxygens (including phenoxy) is 1. The number of carbonyl (C=O) groups is 1. The fraction of sp³-hybridized carbons (Fsp3) is 0.909. The summed E-state index contributed by atoms with van der Waals surface area (Å²) in [6.07, 6.45) is 5.01. The summed E-state index contributed by atoms with van der Waals surface area (Å²) < 4.78 is 5.31. The van der Waals surface area contributed by atoms with E-state index in [0.29, 0.717) is 0 Å². The van der Waals surface area contributed by atoms with Gasteiger partial charge in [0.25, 0.3) is 0 Å². The summed E-state index contributed by atoms with van der Waals surface area (Å²) >= 11 is 0. The van der Waals surface area contributed by atoms with Crippen molar-refractivity contribution >= 4 is 5.91 Å². The van der Waals surface area contributed by atoms with Gasteiger partial charge in [-0.25, -0.2) is 0 Å². The first-order chi connectivity index (χ1) is 7.19. The van der Waals surface area contributed by atoms with Crippen molar-refractivity contribution in [2.24, 2.45) is 5.73 Å². The average molecular weight is 214 g/mol. The molecule has 1 aliphatic rings. The Morgan fingerprint density at radius 1 is 1.60 bits per heavy atom. The molecule has 1 rings (SSSR count). The van der Waals surface area contributed by atoms with E-state index in [2.05, 4.69) is 5.32 Å². The average Bonchev–Trinajstić information content (AvgIpc) is 2.65. The van der Waals surface area contributed by atoms with E-state index in [1.807, 2.05) is 6.92 Å². The molecular formula is C11H22N2O2. The molecule has 1 saturated carbocycles. The van der Waals surface area contributed by atoms with Gasteiger partial charge in [-0.05, 0) is 25.7 Å². The van der Waals surface area contributed by atoms with Gasteiger partial charge >= 0.3 is 0 Å². The fourth-order valence-electron chi connectivity index (χ4n) is 2.11. The fourth-order valence-corrected chi connectivity index (χ4v) is 2.11. The summed E-state index contributed by atoms with van der Waals surface area (Å²) in [6, 6.07) is -0.210. The second-order valence-electron chi connectivity index (χ2n) is 4.22. The summed E-state index contributed by atoms with van der Waals surface area (Å²) in [7, 11) is 1.70. The van der Waals surface area contributed by atoms with Crippen molar-refractivity contribution in [2.45, 2.75) is 57.2 Å². The Balaban J connectivity index is 2.36.